The van der Waals surface area contributed by atoms with Gasteiger partial charge in [-0.2, -0.15) is 22.0 Å². The molecule has 0 aliphatic rings. The summed E-state index contributed by atoms with van der Waals surface area (Å²) < 4.78 is 59.3. The van der Waals surface area contributed by atoms with Crippen LogP contribution in [0.2, 0.25) is 0 Å². The Morgan fingerprint density at radius 1 is 1.23 bits per heavy atom. The van der Waals surface area contributed by atoms with E-state index in [4.69, 9.17) is 5.11 Å². The Morgan fingerprint density at radius 3 is 1.85 bits per heavy atom. The van der Waals surface area contributed by atoms with E-state index in [2.05, 4.69) is 6.58 Å². The molecule has 13 heavy (non-hydrogen) atoms. The molecule has 0 aromatic carbocycles. The van der Waals surface area contributed by atoms with Crippen LogP contribution in [0.5, 0.6) is 0 Å². The van der Waals surface area contributed by atoms with Crippen molar-refractivity contribution in [1.82, 2.24) is 0 Å². The highest BCUT2D eigenvalue weighted by Gasteiger charge is 2.45. The quantitative estimate of drug-likeness (QED) is 0.563. The fraction of sp³-hybridized carbons (Fsp3) is 0.167. The number of aliphatic carboxylic acids is 1. The summed E-state index contributed by atoms with van der Waals surface area (Å²) in [6.45, 7) is 2.27. The summed E-state index contributed by atoms with van der Waals surface area (Å²) >= 11 is 0. The zero-order valence-corrected chi connectivity index (χ0v) is 5.95. The van der Waals surface area contributed by atoms with Gasteiger partial charge < -0.3 is 5.11 Å². The molecule has 0 atom stereocenters. The fourth-order valence-corrected chi connectivity index (χ4v) is 0.385. The largest absolute Gasteiger partial charge is 0.478 e. The highest BCUT2D eigenvalue weighted by molar-refractivity contribution is 5.88. The van der Waals surface area contributed by atoms with Gasteiger partial charge in [-0.25, -0.2) is 4.79 Å². The van der Waals surface area contributed by atoms with Gasteiger partial charge in [0, 0.05) is 0 Å². The van der Waals surface area contributed by atoms with Gasteiger partial charge in [-0.1, -0.05) is 6.58 Å². The standard InChI is InChI=1S/C6H3F5O2/c1-2(5(12)13)6(10,11)3(7)4(8)9/h1H2,(H,12,13). The molecule has 2 nitrogen and oxygen atoms in total. The summed E-state index contributed by atoms with van der Waals surface area (Å²) in [6.07, 6.45) is -3.27. The minimum atomic E-state index is -4.87. The second-order valence-electron chi connectivity index (χ2n) is 1.93. The normalized spacial score (nSPS) is 10.8. The van der Waals surface area contributed by atoms with Crippen LogP contribution in [-0.4, -0.2) is 17.0 Å². The molecule has 0 aromatic heterocycles. The average molecular weight is 202 g/mol. The molecule has 0 bridgehead atoms. The molecular formula is C6H3F5O2. The smallest absolute Gasteiger partial charge is 0.337 e. The van der Waals surface area contributed by atoms with Crippen molar-refractivity contribution in [1.29, 1.82) is 0 Å². The molecule has 0 aliphatic heterocycles. The van der Waals surface area contributed by atoms with Crippen LogP contribution in [0.4, 0.5) is 22.0 Å². The average Bonchev–Trinajstić information content (AvgIpc) is 2.01. The zero-order chi connectivity index (χ0) is 10.8. The number of carbonyl (C=O) groups is 1. The number of hydrogen-bond acceptors (Lipinski definition) is 1. The van der Waals surface area contributed by atoms with Crippen molar-refractivity contribution >= 4 is 5.97 Å². The molecule has 0 spiro atoms. The first kappa shape index (κ1) is 11.6. The van der Waals surface area contributed by atoms with Crippen molar-refractivity contribution in [2.45, 2.75) is 5.92 Å². The molecule has 0 heterocycles. The predicted molar refractivity (Wildman–Crippen MR) is 32.1 cm³/mol. The van der Waals surface area contributed by atoms with Crippen molar-refractivity contribution in [3.8, 4) is 0 Å². The zero-order valence-electron chi connectivity index (χ0n) is 5.95. The van der Waals surface area contributed by atoms with Crippen LogP contribution >= 0.6 is 0 Å². The lowest BCUT2D eigenvalue weighted by molar-refractivity contribution is -0.135. The molecule has 7 heteroatoms. The highest BCUT2D eigenvalue weighted by atomic mass is 19.3. The number of carboxylic acid groups (broad SMARTS) is 1. The van der Waals surface area contributed by atoms with Gasteiger partial charge in [-0.3, -0.25) is 0 Å². The van der Waals surface area contributed by atoms with Gasteiger partial charge in [0.15, 0.2) is 0 Å². The Hall–Kier alpha value is -1.40. The molecule has 0 unspecified atom stereocenters. The Labute approximate surface area is 69.0 Å². The number of halogens is 5. The maximum Gasteiger partial charge on any atom is 0.337 e. The molecule has 74 valence electrons. The van der Waals surface area contributed by atoms with Crippen LogP contribution < -0.4 is 0 Å². The number of hydrogen-bond donors (Lipinski definition) is 1. The van der Waals surface area contributed by atoms with Crippen LogP contribution in [0.1, 0.15) is 0 Å². The predicted octanol–water partition coefficient (Wildman–Crippen LogP) is 2.34. The first-order valence-electron chi connectivity index (χ1n) is 2.73. The lowest BCUT2D eigenvalue weighted by atomic mass is 10.1. The molecule has 0 aliphatic carbocycles. The van der Waals surface area contributed by atoms with Crippen LogP contribution in [0.15, 0.2) is 24.1 Å². The van der Waals surface area contributed by atoms with Crippen molar-refractivity contribution in [2.75, 3.05) is 0 Å². The first-order valence-corrected chi connectivity index (χ1v) is 2.73. The van der Waals surface area contributed by atoms with E-state index in [0.29, 0.717) is 0 Å². The third-order valence-electron chi connectivity index (χ3n) is 1.08. The Balaban J connectivity index is 5.10. The van der Waals surface area contributed by atoms with E-state index in [1.807, 2.05) is 0 Å². The maximum absolute atomic E-state index is 12.3. The summed E-state index contributed by atoms with van der Waals surface area (Å²) in [4.78, 5) is 9.86. The van der Waals surface area contributed by atoms with E-state index in [9.17, 15) is 26.7 Å². The number of allylic oxidation sites excluding steroid dienone is 1. The molecule has 1 N–H and O–H groups in total. The molecule has 0 fully saturated rings. The second kappa shape index (κ2) is 3.55. The Kier molecular flexibility index (Phi) is 3.16. The van der Waals surface area contributed by atoms with E-state index in [1.54, 1.807) is 0 Å². The maximum atomic E-state index is 12.3. The monoisotopic (exact) mass is 202 g/mol. The SMILES string of the molecule is C=C(C(=O)O)C(F)(F)C(F)=C(F)F. The number of rotatable bonds is 3. The van der Waals surface area contributed by atoms with Crippen molar-refractivity contribution in [3.05, 3.63) is 24.1 Å². The lowest BCUT2D eigenvalue weighted by Gasteiger charge is -2.12. The fourth-order valence-electron chi connectivity index (χ4n) is 0.385. The summed E-state index contributed by atoms with van der Waals surface area (Å²) in [6, 6.07) is 0. The van der Waals surface area contributed by atoms with E-state index >= 15 is 0 Å². The van der Waals surface area contributed by atoms with E-state index in [1.165, 1.54) is 0 Å². The van der Waals surface area contributed by atoms with E-state index in [0.717, 1.165) is 0 Å². The highest BCUT2D eigenvalue weighted by Crippen LogP contribution is 2.34. The second-order valence-corrected chi connectivity index (χ2v) is 1.93. The number of alkyl halides is 2. The Morgan fingerprint density at radius 2 is 1.62 bits per heavy atom. The first-order chi connectivity index (χ1) is 5.71. The topological polar surface area (TPSA) is 37.3 Å². The van der Waals surface area contributed by atoms with Gasteiger partial charge >= 0.3 is 18.0 Å². The van der Waals surface area contributed by atoms with Crippen LogP contribution in [0.25, 0.3) is 0 Å². The summed E-state index contributed by atoms with van der Waals surface area (Å²) in [5.74, 6) is -10.2. The molecule has 0 radical (unpaired) electrons. The van der Waals surface area contributed by atoms with Gasteiger partial charge in [-0.05, 0) is 0 Å². The third kappa shape index (κ3) is 2.27. The van der Waals surface area contributed by atoms with E-state index in [-0.39, 0.29) is 0 Å². The van der Waals surface area contributed by atoms with Crippen LogP contribution in [0, 0.1) is 0 Å². The molecular weight excluding hydrogens is 199 g/mol. The summed E-state index contributed by atoms with van der Waals surface area (Å²) in [5.41, 5.74) is -1.95. The molecule has 0 saturated heterocycles. The van der Waals surface area contributed by atoms with Gasteiger partial charge in [0.25, 0.3) is 0 Å². The van der Waals surface area contributed by atoms with Crippen LogP contribution in [0.3, 0.4) is 0 Å². The third-order valence-corrected chi connectivity index (χ3v) is 1.08. The van der Waals surface area contributed by atoms with Crippen molar-refractivity contribution in [2.24, 2.45) is 0 Å². The van der Waals surface area contributed by atoms with Gasteiger partial charge in [-0.15, -0.1) is 0 Å². The van der Waals surface area contributed by atoms with Gasteiger partial charge in [0.1, 0.15) is 5.57 Å². The Bertz CT molecular complexity index is 277. The van der Waals surface area contributed by atoms with Crippen LogP contribution in [-0.2, 0) is 4.79 Å². The summed E-state index contributed by atoms with van der Waals surface area (Å²) in [5, 5.41) is 7.93. The molecule has 0 aromatic rings. The summed E-state index contributed by atoms with van der Waals surface area (Å²) in [7, 11) is 0. The molecule has 0 saturated carbocycles. The lowest BCUT2D eigenvalue weighted by Crippen LogP contribution is -2.25. The van der Waals surface area contributed by atoms with Crippen molar-refractivity contribution in [3.63, 3.8) is 0 Å². The minimum Gasteiger partial charge on any atom is -0.478 e. The molecule has 0 rings (SSSR count). The molecule has 0 amide bonds. The minimum absolute atomic E-state index is 1.95. The van der Waals surface area contributed by atoms with E-state index < -0.39 is 29.4 Å². The van der Waals surface area contributed by atoms with Crippen molar-refractivity contribution < 1.29 is 31.9 Å². The van der Waals surface area contributed by atoms with Gasteiger partial charge in [0.2, 0.25) is 5.83 Å². The van der Waals surface area contributed by atoms with Gasteiger partial charge in [0.05, 0.1) is 0 Å². The number of carboxylic acids is 1.